The minimum atomic E-state index is -0.589. The molecule has 5 rings (SSSR count). The predicted octanol–water partition coefficient (Wildman–Crippen LogP) is 3.95. The molecule has 0 aliphatic carbocycles. The zero-order chi connectivity index (χ0) is 21.2. The number of benzene rings is 1. The molecule has 31 heavy (non-hydrogen) atoms. The van der Waals surface area contributed by atoms with Gasteiger partial charge in [0.2, 0.25) is 0 Å². The van der Waals surface area contributed by atoms with Crippen LogP contribution in [0.4, 0.5) is 5.69 Å². The number of carbonyl (C=O) groups is 1. The summed E-state index contributed by atoms with van der Waals surface area (Å²) < 4.78 is 0. The van der Waals surface area contributed by atoms with Gasteiger partial charge in [-0.1, -0.05) is 0 Å². The maximum Gasteiger partial charge on any atom is 0.189 e. The Morgan fingerprint density at radius 3 is 2.77 bits per heavy atom. The van der Waals surface area contributed by atoms with Crippen LogP contribution in [0.15, 0.2) is 71.6 Å². The molecule has 0 saturated heterocycles. The third kappa shape index (κ3) is 3.77. The van der Waals surface area contributed by atoms with E-state index in [1.807, 2.05) is 42.8 Å². The van der Waals surface area contributed by atoms with Gasteiger partial charge < -0.3 is 10.2 Å². The molecule has 0 saturated carbocycles. The molecule has 7 nitrogen and oxygen atoms in total. The molecule has 3 aromatic heterocycles. The van der Waals surface area contributed by atoms with Gasteiger partial charge in [-0.3, -0.25) is 19.7 Å². The van der Waals surface area contributed by atoms with Crippen LogP contribution < -0.4 is 5.32 Å². The van der Waals surface area contributed by atoms with Crippen molar-refractivity contribution in [3.8, 4) is 0 Å². The molecule has 1 unspecified atom stereocenters. The van der Waals surface area contributed by atoms with E-state index in [0.717, 1.165) is 40.1 Å². The highest BCUT2D eigenvalue weighted by molar-refractivity contribution is 7.07. The van der Waals surface area contributed by atoms with Crippen molar-refractivity contribution >= 4 is 39.5 Å². The Labute approximate surface area is 183 Å². The number of anilines is 1. The average molecular weight is 429 g/mol. The van der Waals surface area contributed by atoms with Crippen LogP contribution in [0, 0.1) is 0 Å². The fourth-order valence-electron chi connectivity index (χ4n) is 3.91. The molecular formula is C23H20N6OS. The van der Waals surface area contributed by atoms with Crippen molar-refractivity contribution in [1.29, 1.82) is 0 Å². The molecule has 0 fully saturated rings. The van der Waals surface area contributed by atoms with Crippen molar-refractivity contribution in [1.82, 2.24) is 24.8 Å². The van der Waals surface area contributed by atoms with E-state index in [1.54, 1.807) is 30.3 Å². The summed E-state index contributed by atoms with van der Waals surface area (Å²) in [4.78, 5) is 33.3. The lowest BCUT2D eigenvalue weighted by Crippen LogP contribution is -2.23. The maximum absolute atomic E-state index is 13.8. The summed E-state index contributed by atoms with van der Waals surface area (Å²) in [5.74, 6) is 0.0216. The smallest absolute Gasteiger partial charge is 0.189 e. The molecule has 0 spiro atoms. The summed E-state index contributed by atoms with van der Waals surface area (Å²) in [7, 11) is 2.01. The number of Topliss-reactive ketones (excluding diaryl/α,β-unsaturated/α-hetero) is 1. The molecule has 4 heterocycles. The quantitative estimate of drug-likeness (QED) is 0.498. The lowest BCUT2D eigenvalue weighted by atomic mass is 9.97. The van der Waals surface area contributed by atoms with Crippen molar-refractivity contribution in [2.45, 2.75) is 12.5 Å². The van der Waals surface area contributed by atoms with E-state index in [0.29, 0.717) is 12.1 Å². The number of carbonyl (C=O) groups excluding carboxylic acids is 1. The third-order valence-electron chi connectivity index (χ3n) is 5.39. The van der Waals surface area contributed by atoms with E-state index in [1.165, 1.54) is 11.3 Å². The molecule has 0 amide bonds. The Hall–Kier alpha value is -3.65. The Morgan fingerprint density at radius 1 is 1.13 bits per heavy atom. The van der Waals surface area contributed by atoms with Gasteiger partial charge in [0.1, 0.15) is 6.04 Å². The number of thiazole rings is 1. The molecule has 154 valence electrons. The van der Waals surface area contributed by atoms with Gasteiger partial charge in [-0.2, -0.15) is 0 Å². The van der Waals surface area contributed by atoms with Crippen LogP contribution in [0.25, 0.3) is 16.7 Å². The fourth-order valence-corrected chi connectivity index (χ4v) is 4.49. The number of rotatable bonds is 6. The Balaban J connectivity index is 1.54. The van der Waals surface area contributed by atoms with E-state index in [4.69, 9.17) is 0 Å². The summed E-state index contributed by atoms with van der Waals surface area (Å²) in [5.41, 5.74) is 7.52. The topological polar surface area (TPSA) is 83.9 Å². The SMILES string of the molecule is CN1CCC(C(=O)C(Nc2ccc3nccnc3c2)c2cscn2)=C1c1cccnc1. The van der Waals surface area contributed by atoms with Crippen LogP contribution in [0.2, 0.25) is 0 Å². The Kier molecular flexibility index (Phi) is 5.13. The fraction of sp³-hybridized carbons (Fsp3) is 0.174. The first-order chi connectivity index (χ1) is 15.2. The standard InChI is InChI=1S/C23H20N6OS/c1-29-10-6-17(22(29)15-3-2-7-24-12-15)23(30)21(20-13-31-14-27-20)28-16-4-5-18-19(11-16)26-9-8-25-18/h2-5,7-9,11-14,21,28H,6,10H2,1H3. The van der Waals surface area contributed by atoms with Crippen molar-refractivity contribution < 1.29 is 4.79 Å². The number of fused-ring (bicyclic) bond motifs is 1. The predicted molar refractivity (Wildman–Crippen MR) is 121 cm³/mol. The van der Waals surface area contributed by atoms with E-state index in [9.17, 15) is 4.79 Å². The van der Waals surface area contributed by atoms with E-state index in [-0.39, 0.29) is 5.78 Å². The van der Waals surface area contributed by atoms with Gasteiger partial charge in [0.05, 0.1) is 27.9 Å². The summed E-state index contributed by atoms with van der Waals surface area (Å²) in [6, 6.07) is 9.02. The van der Waals surface area contributed by atoms with Crippen molar-refractivity contribution in [2.24, 2.45) is 0 Å². The van der Waals surface area contributed by atoms with Crippen LogP contribution in [0.3, 0.4) is 0 Å². The molecular weight excluding hydrogens is 408 g/mol. The molecule has 1 atom stereocenters. The Morgan fingerprint density at radius 2 is 2.00 bits per heavy atom. The molecule has 4 aromatic rings. The van der Waals surface area contributed by atoms with Crippen LogP contribution in [-0.2, 0) is 4.79 Å². The second kappa shape index (κ2) is 8.23. The van der Waals surface area contributed by atoms with Crippen LogP contribution in [0.1, 0.15) is 23.7 Å². The maximum atomic E-state index is 13.8. The molecule has 0 bridgehead atoms. The summed E-state index contributed by atoms with van der Waals surface area (Å²) in [5, 5.41) is 5.31. The largest absolute Gasteiger partial charge is 0.373 e. The van der Waals surface area contributed by atoms with Crippen LogP contribution >= 0.6 is 11.3 Å². The first kappa shape index (κ1) is 19.3. The number of hydrogen-bond donors (Lipinski definition) is 1. The minimum Gasteiger partial charge on any atom is -0.373 e. The lowest BCUT2D eigenvalue weighted by molar-refractivity contribution is -0.116. The average Bonchev–Trinajstić information content (AvgIpc) is 3.47. The van der Waals surface area contributed by atoms with Crippen molar-refractivity contribution in [3.05, 3.63) is 82.8 Å². The first-order valence-electron chi connectivity index (χ1n) is 9.95. The van der Waals surface area contributed by atoms with Gasteiger partial charge in [-0.25, -0.2) is 4.98 Å². The highest BCUT2D eigenvalue weighted by atomic mass is 32.1. The summed E-state index contributed by atoms with van der Waals surface area (Å²) >= 11 is 1.48. The molecule has 1 aromatic carbocycles. The monoisotopic (exact) mass is 428 g/mol. The van der Waals surface area contributed by atoms with Gasteiger partial charge >= 0.3 is 0 Å². The molecule has 0 radical (unpaired) electrons. The van der Waals surface area contributed by atoms with Gasteiger partial charge in [0, 0.05) is 60.6 Å². The van der Waals surface area contributed by atoms with Crippen LogP contribution in [0.5, 0.6) is 0 Å². The lowest BCUT2D eigenvalue weighted by Gasteiger charge is -2.20. The summed E-state index contributed by atoms with van der Waals surface area (Å²) in [6.45, 7) is 0.792. The zero-order valence-electron chi connectivity index (χ0n) is 16.9. The van der Waals surface area contributed by atoms with Crippen molar-refractivity contribution in [3.63, 3.8) is 0 Å². The Bertz CT molecular complexity index is 1260. The zero-order valence-corrected chi connectivity index (χ0v) is 17.7. The molecule has 1 N–H and O–H groups in total. The molecule has 1 aliphatic heterocycles. The third-order valence-corrected chi connectivity index (χ3v) is 5.99. The van der Waals surface area contributed by atoms with E-state index in [2.05, 4.69) is 30.2 Å². The second-order valence-corrected chi connectivity index (χ2v) is 8.07. The van der Waals surface area contributed by atoms with Gasteiger partial charge in [0.15, 0.2) is 5.78 Å². The molecule has 1 aliphatic rings. The van der Waals surface area contributed by atoms with E-state index >= 15 is 0 Å². The normalized spacial score (nSPS) is 14.8. The number of pyridine rings is 1. The minimum absolute atomic E-state index is 0.0216. The van der Waals surface area contributed by atoms with Crippen LogP contribution in [-0.4, -0.2) is 44.2 Å². The van der Waals surface area contributed by atoms with Gasteiger partial charge in [-0.15, -0.1) is 11.3 Å². The number of hydrogen-bond acceptors (Lipinski definition) is 8. The van der Waals surface area contributed by atoms with Crippen molar-refractivity contribution in [2.75, 3.05) is 18.9 Å². The number of nitrogens with one attached hydrogen (secondary N) is 1. The van der Waals surface area contributed by atoms with Gasteiger partial charge in [0.25, 0.3) is 0 Å². The highest BCUT2D eigenvalue weighted by Crippen LogP contribution is 2.34. The first-order valence-corrected chi connectivity index (χ1v) is 10.9. The number of ketones is 1. The highest BCUT2D eigenvalue weighted by Gasteiger charge is 2.32. The second-order valence-electron chi connectivity index (χ2n) is 7.36. The van der Waals surface area contributed by atoms with Gasteiger partial charge in [-0.05, 0) is 36.8 Å². The number of aromatic nitrogens is 4. The number of nitrogens with zero attached hydrogens (tertiary/aromatic N) is 5. The van der Waals surface area contributed by atoms with E-state index < -0.39 is 6.04 Å². The summed E-state index contributed by atoms with van der Waals surface area (Å²) in [6.07, 6.45) is 7.56. The molecule has 8 heteroatoms.